The number of benzene rings is 1. The average molecular weight is 275 g/mol. The smallest absolute Gasteiger partial charge is 0.326 e. The fraction of sp³-hybridized carbons (Fsp3) is 0.333. The van der Waals surface area contributed by atoms with E-state index < -0.39 is 24.0 Å². The Balaban J connectivity index is 2.09. The summed E-state index contributed by atoms with van der Waals surface area (Å²) in [4.78, 5) is 24.3. The molecule has 1 aromatic rings. The Bertz CT molecular complexity index is 553. The summed E-state index contributed by atoms with van der Waals surface area (Å²) >= 11 is 0. The second-order valence-corrected chi connectivity index (χ2v) is 4.98. The zero-order valence-corrected chi connectivity index (χ0v) is 11.2. The quantitative estimate of drug-likeness (QED) is 0.808. The highest BCUT2D eigenvalue weighted by molar-refractivity contribution is 5.94. The van der Waals surface area contributed by atoms with Crippen molar-refractivity contribution >= 4 is 18.0 Å². The number of aliphatic carboxylic acids is 1. The summed E-state index contributed by atoms with van der Waals surface area (Å²) in [7, 11) is 0. The minimum Gasteiger partial charge on any atom is -0.480 e. The number of likely N-dealkylation sites (tertiary alicyclic amines) is 1. The maximum Gasteiger partial charge on any atom is 0.326 e. The molecule has 2 rings (SSSR count). The van der Waals surface area contributed by atoms with Crippen LogP contribution in [0.1, 0.15) is 17.5 Å². The van der Waals surface area contributed by atoms with Gasteiger partial charge in [-0.2, -0.15) is 0 Å². The molecule has 20 heavy (non-hydrogen) atoms. The molecule has 1 saturated heterocycles. The van der Waals surface area contributed by atoms with E-state index in [-0.39, 0.29) is 13.0 Å². The van der Waals surface area contributed by atoms with Gasteiger partial charge in [0.2, 0.25) is 5.91 Å². The number of aliphatic hydroxyl groups is 1. The van der Waals surface area contributed by atoms with E-state index in [4.69, 9.17) is 5.11 Å². The lowest BCUT2D eigenvalue weighted by atomic mass is 10.1. The number of carboxylic acids is 1. The van der Waals surface area contributed by atoms with Crippen molar-refractivity contribution in [1.82, 2.24) is 4.90 Å². The molecule has 0 radical (unpaired) electrons. The second kappa shape index (κ2) is 5.88. The highest BCUT2D eigenvalue weighted by atomic mass is 16.4. The molecule has 0 saturated carbocycles. The number of carbonyl (C=O) groups is 2. The summed E-state index contributed by atoms with van der Waals surface area (Å²) in [5, 5.41) is 18.6. The van der Waals surface area contributed by atoms with E-state index in [1.54, 1.807) is 6.08 Å². The third kappa shape index (κ3) is 3.24. The van der Waals surface area contributed by atoms with Crippen molar-refractivity contribution in [2.24, 2.45) is 0 Å². The molecule has 2 atom stereocenters. The highest BCUT2D eigenvalue weighted by Crippen LogP contribution is 2.19. The number of amides is 1. The van der Waals surface area contributed by atoms with Crippen molar-refractivity contribution in [3.05, 3.63) is 41.5 Å². The zero-order valence-electron chi connectivity index (χ0n) is 11.2. The van der Waals surface area contributed by atoms with Crippen LogP contribution in [0.3, 0.4) is 0 Å². The molecule has 0 unspecified atom stereocenters. The van der Waals surface area contributed by atoms with Crippen LogP contribution in [0.15, 0.2) is 30.3 Å². The first-order valence-corrected chi connectivity index (χ1v) is 6.43. The maximum absolute atomic E-state index is 12.0. The van der Waals surface area contributed by atoms with Gasteiger partial charge in [-0.1, -0.05) is 29.8 Å². The monoisotopic (exact) mass is 275 g/mol. The molecular formula is C15H17NO4. The van der Waals surface area contributed by atoms with Crippen LogP contribution < -0.4 is 0 Å². The van der Waals surface area contributed by atoms with E-state index in [2.05, 4.69) is 0 Å². The highest BCUT2D eigenvalue weighted by Gasteiger charge is 2.37. The van der Waals surface area contributed by atoms with Crippen LogP contribution >= 0.6 is 0 Å². The molecule has 106 valence electrons. The Hall–Kier alpha value is -2.14. The molecular weight excluding hydrogens is 258 g/mol. The number of hydrogen-bond donors (Lipinski definition) is 2. The SMILES string of the molecule is Cc1cccc(C=CC(=O)N2C[C@H](O)C[C@H]2C(=O)O)c1. The van der Waals surface area contributed by atoms with Crippen molar-refractivity contribution in [3.8, 4) is 0 Å². The van der Waals surface area contributed by atoms with Crippen LogP contribution in [0.25, 0.3) is 6.08 Å². The van der Waals surface area contributed by atoms with Crippen molar-refractivity contribution in [1.29, 1.82) is 0 Å². The number of rotatable bonds is 3. The number of carboxylic acid groups (broad SMARTS) is 1. The predicted octanol–water partition coefficient (Wildman–Crippen LogP) is 1.05. The minimum absolute atomic E-state index is 0.0634. The third-order valence-electron chi connectivity index (χ3n) is 3.31. The second-order valence-electron chi connectivity index (χ2n) is 4.98. The molecule has 0 aromatic heterocycles. The van der Waals surface area contributed by atoms with Crippen LogP contribution in [0.2, 0.25) is 0 Å². The van der Waals surface area contributed by atoms with Crippen LogP contribution in [0, 0.1) is 6.92 Å². The lowest BCUT2D eigenvalue weighted by Gasteiger charge is -2.19. The standard InChI is InChI=1S/C15H17NO4/c1-10-3-2-4-11(7-10)5-6-14(18)16-9-12(17)8-13(16)15(19)20/h2-7,12-13,17H,8-9H2,1H3,(H,19,20)/t12-,13+/m1/s1. The number of hydrogen-bond acceptors (Lipinski definition) is 3. The van der Waals surface area contributed by atoms with E-state index in [1.165, 1.54) is 11.0 Å². The Morgan fingerprint density at radius 1 is 1.40 bits per heavy atom. The van der Waals surface area contributed by atoms with Crippen molar-refractivity contribution in [2.45, 2.75) is 25.5 Å². The van der Waals surface area contributed by atoms with E-state index in [9.17, 15) is 14.7 Å². The Kier molecular flexibility index (Phi) is 4.20. The van der Waals surface area contributed by atoms with Crippen LogP contribution in [0.5, 0.6) is 0 Å². The minimum atomic E-state index is -1.08. The van der Waals surface area contributed by atoms with Crippen LogP contribution in [-0.2, 0) is 9.59 Å². The molecule has 5 nitrogen and oxygen atoms in total. The number of carbonyl (C=O) groups excluding carboxylic acids is 1. The molecule has 5 heteroatoms. The molecule has 1 amide bonds. The maximum atomic E-state index is 12.0. The van der Waals surface area contributed by atoms with Gasteiger partial charge in [0.25, 0.3) is 0 Å². The molecule has 1 aliphatic rings. The summed E-state index contributed by atoms with van der Waals surface area (Å²) in [6, 6.07) is 6.69. The Morgan fingerprint density at radius 2 is 2.15 bits per heavy atom. The van der Waals surface area contributed by atoms with Gasteiger partial charge in [-0.05, 0) is 18.6 Å². The summed E-state index contributed by atoms with van der Waals surface area (Å²) in [5.74, 6) is -1.48. The molecule has 0 aliphatic carbocycles. The average Bonchev–Trinajstić information content (AvgIpc) is 2.78. The van der Waals surface area contributed by atoms with Crippen LogP contribution in [0.4, 0.5) is 0 Å². The van der Waals surface area contributed by atoms with Crippen molar-refractivity contribution in [3.63, 3.8) is 0 Å². The summed E-state index contributed by atoms with van der Waals surface area (Å²) in [6.45, 7) is 2.02. The first kappa shape index (κ1) is 14.3. The van der Waals surface area contributed by atoms with Crippen LogP contribution in [-0.4, -0.2) is 45.7 Å². The lowest BCUT2D eigenvalue weighted by molar-refractivity contribution is -0.146. The number of β-amino-alcohol motifs (C(OH)–C–C–N with tert-alkyl or cyclic N) is 1. The van der Waals surface area contributed by atoms with Gasteiger partial charge in [-0.15, -0.1) is 0 Å². The van der Waals surface area contributed by atoms with E-state index >= 15 is 0 Å². The number of nitrogens with zero attached hydrogens (tertiary/aromatic N) is 1. The molecule has 2 N–H and O–H groups in total. The number of aryl methyl sites for hydroxylation is 1. The van der Waals surface area contributed by atoms with Gasteiger partial charge in [0.05, 0.1) is 6.10 Å². The molecule has 1 fully saturated rings. The van der Waals surface area contributed by atoms with E-state index in [0.29, 0.717) is 0 Å². The first-order valence-electron chi connectivity index (χ1n) is 6.43. The molecule has 1 heterocycles. The summed E-state index contributed by atoms with van der Waals surface area (Å²) in [6.07, 6.45) is 2.31. The van der Waals surface area contributed by atoms with Gasteiger partial charge in [0.15, 0.2) is 0 Å². The number of aliphatic hydroxyl groups excluding tert-OH is 1. The van der Waals surface area contributed by atoms with Crippen molar-refractivity contribution in [2.75, 3.05) is 6.54 Å². The Labute approximate surface area is 117 Å². The normalized spacial score (nSPS) is 22.4. The topological polar surface area (TPSA) is 77.8 Å². The predicted molar refractivity (Wildman–Crippen MR) is 74.0 cm³/mol. The fourth-order valence-electron chi connectivity index (χ4n) is 2.33. The lowest BCUT2D eigenvalue weighted by Crippen LogP contribution is -2.39. The Morgan fingerprint density at radius 3 is 2.80 bits per heavy atom. The van der Waals surface area contributed by atoms with Gasteiger partial charge in [0, 0.05) is 19.0 Å². The van der Waals surface area contributed by atoms with Gasteiger partial charge >= 0.3 is 5.97 Å². The third-order valence-corrected chi connectivity index (χ3v) is 3.31. The summed E-state index contributed by atoms with van der Waals surface area (Å²) in [5.41, 5.74) is 1.96. The van der Waals surface area contributed by atoms with Gasteiger partial charge in [-0.3, -0.25) is 4.79 Å². The van der Waals surface area contributed by atoms with Gasteiger partial charge in [0.1, 0.15) is 6.04 Å². The van der Waals surface area contributed by atoms with Gasteiger partial charge in [-0.25, -0.2) is 4.79 Å². The first-order chi connectivity index (χ1) is 9.47. The summed E-state index contributed by atoms with van der Waals surface area (Å²) < 4.78 is 0. The van der Waals surface area contributed by atoms with Crippen molar-refractivity contribution < 1.29 is 19.8 Å². The molecule has 0 spiro atoms. The van der Waals surface area contributed by atoms with E-state index in [1.807, 2.05) is 31.2 Å². The van der Waals surface area contributed by atoms with E-state index in [0.717, 1.165) is 11.1 Å². The molecule has 1 aliphatic heterocycles. The van der Waals surface area contributed by atoms with Gasteiger partial charge < -0.3 is 15.1 Å². The largest absolute Gasteiger partial charge is 0.480 e. The molecule has 0 bridgehead atoms. The molecule has 1 aromatic carbocycles. The zero-order chi connectivity index (χ0) is 14.7. The fourth-order valence-corrected chi connectivity index (χ4v) is 2.33.